The number of carbonyl (C=O) groups excluding carboxylic acids is 1. The van der Waals surface area contributed by atoms with Gasteiger partial charge in [-0.25, -0.2) is 0 Å². The zero-order chi connectivity index (χ0) is 9.68. The number of hydrogen-bond donors (Lipinski definition) is 0. The van der Waals surface area contributed by atoms with Crippen LogP contribution < -0.4 is 0 Å². The molecule has 1 rings (SSSR count). The molecule has 0 radical (unpaired) electrons. The summed E-state index contributed by atoms with van der Waals surface area (Å²) in [6.45, 7) is 3.23. The second-order valence-electron chi connectivity index (χ2n) is 2.61. The SMILES string of the molecule is CCOCc1ccc(C=O)cc1Br. The number of aldehydes is 1. The third-order valence-electron chi connectivity index (χ3n) is 1.67. The molecule has 0 N–H and O–H groups in total. The zero-order valence-electron chi connectivity index (χ0n) is 7.42. The van der Waals surface area contributed by atoms with E-state index in [9.17, 15) is 4.79 Å². The minimum atomic E-state index is 0.580. The lowest BCUT2D eigenvalue weighted by Crippen LogP contribution is -1.93. The molecule has 0 fully saturated rings. The van der Waals surface area contributed by atoms with Crippen molar-refractivity contribution in [3.8, 4) is 0 Å². The maximum absolute atomic E-state index is 10.4. The Labute approximate surface area is 86.0 Å². The summed E-state index contributed by atoms with van der Waals surface area (Å²) < 4.78 is 6.18. The van der Waals surface area contributed by atoms with Gasteiger partial charge in [-0.3, -0.25) is 4.79 Å². The van der Waals surface area contributed by atoms with Gasteiger partial charge in [0.1, 0.15) is 6.29 Å². The molecule has 0 atom stereocenters. The Balaban J connectivity index is 2.79. The summed E-state index contributed by atoms with van der Waals surface area (Å²) >= 11 is 3.38. The largest absolute Gasteiger partial charge is 0.377 e. The molecule has 2 nitrogen and oxygen atoms in total. The van der Waals surface area contributed by atoms with Crippen molar-refractivity contribution in [1.29, 1.82) is 0 Å². The fourth-order valence-corrected chi connectivity index (χ4v) is 1.48. The van der Waals surface area contributed by atoms with E-state index in [-0.39, 0.29) is 0 Å². The van der Waals surface area contributed by atoms with Gasteiger partial charge < -0.3 is 4.74 Å². The standard InChI is InChI=1S/C10H11BrO2/c1-2-13-7-9-4-3-8(6-12)5-10(9)11/h3-6H,2,7H2,1H3. The quantitative estimate of drug-likeness (QED) is 0.760. The highest BCUT2D eigenvalue weighted by molar-refractivity contribution is 9.10. The van der Waals surface area contributed by atoms with Gasteiger partial charge in [0.15, 0.2) is 0 Å². The molecule has 0 bridgehead atoms. The summed E-state index contributed by atoms with van der Waals surface area (Å²) in [5.41, 5.74) is 1.74. The van der Waals surface area contributed by atoms with Crippen LogP contribution in [0.25, 0.3) is 0 Å². The first-order valence-electron chi connectivity index (χ1n) is 4.09. The molecule has 0 unspecified atom stereocenters. The number of rotatable bonds is 4. The zero-order valence-corrected chi connectivity index (χ0v) is 9.00. The van der Waals surface area contributed by atoms with E-state index in [1.165, 1.54) is 0 Å². The number of hydrogen-bond acceptors (Lipinski definition) is 2. The Morgan fingerprint density at radius 3 is 2.85 bits per heavy atom. The van der Waals surface area contributed by atoms with Crippen molar-refractivity contribution in [3.05, 3.63) is 33.8 Å². The number of ether oxygens (including phenoxy) is 1. The van der Waals surface area contributed by atoms with Gasteiger partial charge in [-0.2, -0.15) is 0 Å². The fraction of sp³-hybridized carbons (Fsp3) is 0.300. The van der Waals surface area contributed by atoms with Crippen molar-refractivity contribution in [2.45, 2.75) is 13.5 Å². The van der Waals surface area contributed by atoms with Crippen molar-refractivity contribution in [2.75, 3.05) is 6.61 Å². The van der Waals surface area contributed by atoms with E-state index in [4.69, 9.17) is 4.74 Å². The van der Waals surface area contributed by atoms with Gasteiger partial charge in [-0.05, 0) is 18.6 Å². The van der Waals surface area contributed by atoms with Gasteiger partial charge in [0.05, 0.1) is 6.61 Å². The molecule has 0 aromatic heterocycles. The first kappa shape index (κ1) is 10.4. The molecule has 13 heavy (non-hydrogen) atoms. The topological polar surface area (TPSA) is 26.3 Å². The van der Waals surface area contributed by atoms with Crippen LogP contribution in [0.2, 0.25) is 0 Å². The van der Waals surface area contributed by atoms with Crippen LogP contribution in [0.4, 0.5) is 0 Å². The average Bonchev–Trinajstić information content (AvgIpc) is 2.16. The summed E-state index contributed by atoms with van der Waals surface area (Å²) in [6, 6.07) is 5.47. The maximum Gasteiger partial charge on any atom is 0.150 e. The molecule has 70 valence electrons. The van der Waals surface area contributed by atoms with E-state index in [1.807, 2.05) is 13.0 Å². The lowest BCUT2D eigenvalue weighted by atomic mass is 10.2. The number of benzene rings is 1. The first-order chi connectivity index (χ1) is 6.27. The van der Waals surface area contributed by atoms with E-state index in [1.54, 1.807) is 12.1 Å². The Kier molecular flexibility index (Phi) is 4.12. The average molecular weight is 243 g/mol. The van der Waals surface area contributed by atoms with Gasteiger partial charge in [0.25, 0.3) is 0 Å². The molecule has 0 aliphatic heterocycles. The first-order valence-corrected chi connectivity index (χ1v) is 4.88. The molecule has 3 heteroatoms. The summed E-state index contributed by atoms with van der Waals surface area (Å²) in [6.07, 6.45) is 0.829. The Bertz CT molecular complexity index is 297. The fourth-order valence-electron chi connectivity index (χ4n) is 0.966. The monoisotopic (exact) mass is 242 g/mol. The third kappa shape index (κ3) is 2.94. The molecule has 0 spiro atoms. The second-order valence-corrected chi connectivity index (χ2v) is 3.46. The van der Waals surface area contributed by atoms with Crippen LogP contribution in [-0.4, -0.2) is 12.9 Å². The molecule has 0 saturated heterocycles. The lowest BCUT2D eigenvalue weighted by molar-refractivity contribution is 0.112. The van der Waals surface area contributed by atoms with Gasteiger partial charge >= 0.3 is 0 Å². The summed E-state index contributed by atoms with van der Waals surface area (Å²) in [7, 11) is 0. The summed E-state index contributed by atoms with van der Waals surface area (Å²) in [4.78, 5) is 10.4. The molecule has 0 aliphatic rings. The highest BCUT2D eigenvalue weighted by Gasteiger charge is 2.00. The third-order valence-corrected chi connectivity index (χ3v) is 2.41. The smallest absolute Gasteiger partial charge is 0.150 e. The molecule has 0 aliphatic carbocycles. The van der Waals surface area contributed by atoms with E-state index < -0.39 is 0 Å². The molecular formula is C10H11BrO2. The van der Waals surface area contributed by atoms with E-state index >= 15 is 0 Å². The van der Waals surface area contributed by atoms with Crippen LogP contribution in [0.5, 0.6) is 0 Å². The summed E-state index contributed by atoms with van der Waals surface area (Å²) in [5, 5.41) is 0. The lowest BCUT2D eigenvalue weighted by Gasteiger charge is -2.04. The maximum atomic E-state index is 10.4. The van der Waals surface area contributed by atoms with Crippen molar-refractivity contribution in [2.24, 2.45) is 0 Å². The van der Waals surface area contributed by atoms with Gasteiger partial charge in [0.2, 0.25) is 0 Å². The molecule has 1 aromatic rings. The van der Waals surface area contributed by atoms with Crippen LogP contribution >= 0.6 is 15.9 Å². The minimum Gasteiger partial charge on any atom is -0.377 e. The van der Waals surface area contributed by atoms with Gasteiger partial charge in [-0.15, -0.1) is 0 Å². The van der Waals surface area contributed by atoms with E-state index in [2.05, 4.69) is 15.9 Å². The van der Waals surface area contributed by atoms with Crippen molar-refractivity contribution >= 4 is 22.2 Å². The van der Waals surface area contributed by atoms with E-state index in [0.29, 0.717) is 18.8 Å². The van der Waals surface area contributed by atoms with Gasteiger partial charge in [0, 0.05) is 16.6 Å². The molecular weight excluding hydrogens is 232 g/mol. The van der Waals surface area contributed by atoms with Gasteiger partial charge in [-0.1, -0.05) is 28.1 Å². The van der Waals surface area contributed by atoms with Crippen molar-refractivity contribution in [1.82, 2.24) is 0 Å². The summed E-state index contributed by atoms with van der Waals surface area (Å²) in [5.74, 6) is 0. The molecule has 1 aromatic carbocycles. The molecule has 0 heterocycles. The number of carbonyl (C=O) groups is 1. The van der Waals surface area contributed by atoms with Crippen LogP contribution in [0, 0.1) is 0 Å². The Hall–Kier alpha value is -0.670. The Morgan fingerprint density at radius 2 is 2.31 bits per heavy atom. The van der Waals surface area contributed by atoms with Crippen LogP contribution in [0.1, 0.15) is 22.8 Å². The Morgan fingerprint density at radius 1 is 1.54 bits per heavy atom. The predicted octanol–water partition coefficient (Wildman–Crippen LogP) is 2.80. The van der Waals surface area contributed by atoms with Crippen LogP contribution in [-0.2, 0) is 11.3 Å². The predicted molar refractivity (Wildman–Crippen MR) is 54.9 cm³/mol. The molecule has 0 amide bonds. The molecule has 0 saturated carbocycles. The van der Waals surface area contributed by atoms with Crippen molar-refractivity contribution < 1.29 is 9.53 Å². The highest BCUT2D eigenvalue weighted by atomic mass is 79.9. The normalized spacial score (nSPS) is 10.0. The van der Waals surface area contributed by atoms with Crippen LogP contribution in [0.15, 0.2) is 22.7 Å². The van der Waals surface area contributed by atoms with Crippen LogP contribution in [0.3, 0.4) is 0 Å². The second kappa shape index (κ2) is 5.14. The van der Waals surface area contributed by atoms with E-state index in [0.717, 1.165) is 16.3 Å². The minimum absolute atomic E-state index is 0.580. The number of halogens is 1. The highest BCUT2D eigenvalue weighted by Crippen LogP contribution is 2.18. The van der Waals surface area contributed by atoms with Crippen molar-refractivity contribution in [3.63, 3.8) is 0 Å².